The second-order valence-corrected chi connectivity index (χ2v) is 4.67. The molecule has 0 amide bonds. The van der Waals surface area contributed by atoms with E-state index in [9.17, 15) is 0 Å². The highest BCUT2D eigenvalue weighted by atomic mass is 14.6. The minimum Gasteiger partial charge on any atom is -0.0622 e. The van der Waals surface area contributed by atoms with Crippen LogP contribution in [0.4, 0.5) is 0 Å². The van der Waals surface area contributed by atoms with Crippen LogP contribution >= 0.6 is 0 Å². The lowest BCUT2D eigenvalue weighted by Gasteiger charge is -2.22. The molecule has 0 saturated heterocycles. The van der Waals surface area contributed by atoms with Crippen molar-refractivity contribution in [3.8, 4) is 0 Å². The van der Waals surface area contributed by atoms with Crippen LogP contribution < -0.4 is 0 Å². The topological polar surface area (TPSA) is 0 Å². The summed E-state index contributed by atoms with van der Waals surface area (Å²) in [5, 5.41) is 0. The first-order chi connectivity index (χ1) is 6.42. The number of hydrogen-bond acceptors (Lipinski definition) is 0. The Balaban J connectivity index is 1.94. The predicted molar refractivity (Wildman–Crippen MR) is 54.7 cm³/mol. The molecule has 0 aromatic heterocycles. The number of hydrogen-bond donors (Lipinski definition) is 0. The molecule has 0 N–H and O–H groups in total. The summed E-state index contributed by atoms with van der Waals surface area (Å²) in [5.74, 6) is 1.03. The molecule has 1 aromatic rings. The van der Waals surface area contributed by atoms with E-state index >= 15 is 0 Å². The summed E-state index contributed by atoms with van der Waals surface area (Å²) in [6.45, 7) is 0. The highest BCUT2D eigenvalue weighted by Gasteiger charge is 2.55. The average molecular weight is 172 g/mol. The van der Waals surface area contributed by atoms with Gasteiger partial charge in [0.1, 0.15) is 0 Å². The Kier molecular flexibility index (Phi) is 1.52. The fourth-order valence-electron chi connectivity index (χ4n) is 3.16. The van der Waals surface area contributed by atoms with Crippen LogP contribution in [0.3, 0.4) is 0 Å². The zero-order chi connectivity index (χ0) is 8.73. The molecule has 0 heteroatoms. The van der Waals surface area contributed by atoms with Gasteiger partial charge in [-0.25, -0.2) is 0 Å². The van der Waals surface area contributed by atoms with Crippen molar-refractivity contribution in [3.05, 3.63) is 35.9 Å². The van der Waals surface area contributed by atoms with Crippen molar-refractivity contribution in [2.75, 3.05) is 0 Å². The molecule has 0 nitrogen and oxygen atoms in total. The molecule has 0 unspecified atom stereocenters. The number of benzene rings is 1. The van der Waals surface area contributed by atoms with Crippen molar-refractivity contribution in [2.24, 2.45) is 5.92 Å². The van der Waals surface area contributed by atoms with E-state index in [2.05, 4.69) is 30.3 Å². The molecule has 2 fully saturated rings. The summed E-state index contributed by atoms with van der Waals surface area (Å²) in [7, 11) is 0. The van der Waals surface area contributed by atoms with Gasteiger partial charge in [0.25, 0.3) is 0 Å². The van der Waals surface area contributed by atoms with Gasteiger partial charge in [-0.05, 0) is 36.2 Å². The van der Waals surface area contributed by atoms with Gasteiger partial charge < -0.3 is 0 Å². The van der Waals surface area contributed by atoms with Gasteiger partial charge in [0.05, 0.1) is 0 Å². The van der Waals surface area contributed by atoms with E-state index in [1.165, 1.54) is 32.1 Å². The molecular weight excluding hydrogens is 156 g/mol. The molecule has 2 atom stereocenters. The predicted octanol–water partition coefficient (Wildman–Crippen LogP) is 3.52. The Morgan fingerprint density at radius 1 is 1.08 bits per heavy atom. The molecule has 13 heavy (non-hydrogen) atoms. The Hall–Kier alpha value is -0.780. The first kappa shape index (κ1) is 7.61. The Morgan fingerprint density at radius 3 is 2.69 bits per heavy atom. The van der Waals surface area contributed by atoms with Crippen LogP contribution in [0.5, 0.6) is 0 Å². The van der Waals surface area contributed by atoms with Crippen LogP contribution in [-0.2, 0) is 5.41 Å². The van der Waals surface area contributed by atoms with Crippen molar-refractivity contribution >= 4 is 0 Å². The van der Waals surface area contributed by atoms with Crippen LogP contribution in [0.2, 0.25) is 0 Å². The lowest BCUT2D eigenvalue weighted by Crippen LogP contribution is -2.13. The third-order valence-corrected chi connectivity index (χ3v) is 4.01. The Labute approximate surface area is 80.0 Å². The summed E-state index contributed by atoms with van der Waals surface area (Å²) in [6, 6.07) is 11.2. The second kappa shape index (κ2) is 2.60. The standard InChI is InChI=1S/C13H16/c1-2-6-11(7-3-1)13-9-5-4-8-12(13)10-13/h1-3,6-7,12H,4-5,8-10H2/t12-,13-/m1/s1. The van der Waals surface area contributed by atoms with Gasteiger partial charge in [0, 0.05) is 0 Å². The molecule has 0 spiro atoms. The minimum absolute atomic E-state index is 0.638. The fraction of sp³-hybridized carbons (Fsp3) is 0.538. The van der Waals surface area contributed by atoms with Crippen molar-refractivity contribution in [1.29, 1.82) is 0 Å². The van der Waals surface area contributed by atoms with Gasteiger partial charge in [0.15, 0.2) is 0 Å². The maximum atomic E-state index is 2.32. The van der Waals surface area contributed by atoms with Crippen LogP contribution in [-0.4, -0.2) is 0 Å². The first-order valence-corrected chi connectivity index (χ1v) is 5.47. The minimum atomic E-state index is 0.638. The van der Waals surface area contributed by atoms with E-state index in [0.717, 1.165) is 5.92 Å². The lowest BCUT2D eigenvalue weighted by molar-refractivity contribution is 0.428. The maximum Gasteiger partial charge on any atom is -0.00155 e. The molecule has 3 rings (SSSR count). The van der Waals surface area contributed by atoms with Gasteiger partial charge in [-0.15, -0.1) is 0 Å². The molecule has 0 bridgehead atoms. The quantitative estimate of drug-likeness (QED) is 0.608. The van der Waals surface area contributed by atoms with E-state index in [1.807, 2.05) is 0 Å². The van der Waals surface area contributed by atoms with Crippen molar-refractivity contribution in [3.63, 3.8) is 0 Å². The third kappa shape index (κ3) is 1.04. The third-order valence-electron chi connectivity index (χ3n) is 4.01. The first-order valence-electron chi connectivity index (χ1n) is 5.47. The van der Waals surface area contributed by atoms with E-state index in [4.69, 9.17) is 0 Å². The van der Waals surface area contributed by atoms with Crippen LogP contribution in [0.15, 0.2) is 30.3 Å². The zero-order valence-electron chi connectivity index (χ0n) is 8.00. The molecule has 0 radical (unpaired) electrons. The Morgan fingerprint density at radius 2 is 1.92 bits per heavy atom. The molecule has 2 aliphatic carbocycles. The van der Waals surface area contributed by atoms with Crippen molar-refractivity contribution in [1.82, 2.24) is 0 Å². The highest BCUT2D eigenvalue weighted by molar-refractivity contribution is 5.34. The monoisotopic (exact) mass is 172 g/mol. The normalized spacial score (nSPS) is 36.8. The van der Waals surface area contributed by atoms with E-state index in [0.29, 0.717) is 5.41 Å². The molecule has 2 aliphatic rings. The van der Waals surface area contributed by atoms with Gasteiger partial charge in [-0.1, -0.05) is 43.2 Å². The molecule has 1 aromatic carbocycles. The smallest absolute Gasteiger partial charge is 0.00155 e. The lowest BCUT2D eigenvalue weighted by atomic mass is 9.83. The Bertz CT molecular complexity index is 301. The maximum absolute atomic E-state index is 2.32. The molecule has 2 saturated carbocycles. The fourth-order valence-corrected chi connectivity index (χ4v) is 3.16. The number of rotatable bonds is 1. The van der Waals surface area contributed by atoms with Gasteiger partial charge in [-0.2, -0.15) is 0 Å². The summed E-state index contributed by atoms with van der Waals surface area (Å²) >= 11 is 0. The van der Waals surface area contributed by atoms with Crippen molar-refractivity contribution in [2.45, 2.75) is 37.5 Å². The van der Waals surface area contributed by atoms with Crippen LogP contribution in [0.1, 0.15) is 37.7 Å². The van der Waals surface area contributed by atoms with Crippen LogP contribution in [0.25, 0.3) is 0 Å². The van der Waals surface area contributed by atoms with Gasteiger partial charge >= 0.3 is 0 Å². The zero-order valence-corrected chi connectivity index (χ0v) is 8.00. The van der Waals surface area contributed by atoms with E-state index in [1.54, 1.807) is 5.56 Å². The SMILES string of the molecule is c1ccc([C@]23CCCC[C@@H]2C3)cc1. The molecule has 0 aliphatic heterocycles. The summed E-state index contributed by atoms with van der Waals surface area (Å²) in [5.41, 5.74) is 2.25. The summed E-state index contributed by atoms with van der Waals surface area (Å²) in [4.78, 5) is 0. The average Bonchev–Trinajstić information content (AvgIpc) is 2.94. The summed E-state index contributed by atoms with van der Waals surface area (Å²) < 4.78 is 0. The van der Waals surface area contributed by atoms with Crippen molar-refractivity contribution < 1.29 is 0 Å². The van der Waals surface area contributed by atoms with Gasteiger partial charge in [0.2, 0.25) is 0 Å². The van der Waals surface area contributed by atoms with E-state index in [-0.39, 0.29) is 0 Å². The summed E-state index contributed by atoms with van der Waals surface area (Å²) in [6.07, 6.45) is 7.32. The molecule has 68 valence electrons. The largest absolute Gasteiger partial charge is 0.0622 e. The molecular formula is C13H16. The van der Waals surface area contributed by atoms with E-state index < -0.39 is 0 Å². The molecule has 0 heterocycles. The second-order valence-electron chi connectivity index (χ2n) is 4.67. The van der Waals surface area contributed by atoms with Crippen LogP contribution in [0, 0.1) is 5.92 Å². The number of fused-ring (bicyclic) bond motifs is 1. The van der Waals surface area contributed by atoms with Gasteiger partial charge in [-0.3, -0.25) is 0 Å². The highest BCUT2D eigenvalue weighted by Crippen LogP contribution is 2.62.